The molecule has 3 aromatic carbocycles. The standard InChI is InChI=1S/C32H32N2O9/c1-37-20-9-7-17(13-23(20)39-3)11-12-34-29(31(33)35)27(18-8-10-21(38-2)24(14-18)40-4)28-19-15-25(41-5)26(42-6)16-22(19)43-32(36)30(28)34/h7-10,13-16H,11-12H2,1-6H3,(H2,33,35). The minimum Gasteiger partial charge on any atom is -0.493 e. The topological polar surface area (TPSA) is 134 Å². The lowest BCUT2D eigenvalue weighted by molar-refractivity contribution is 0.0992. The summed E-state index contributed by atoms with van der Waals surface area (Å²) in [6, 6.07) is 14.1. The molecule has 2 N–H and O–H groups in total. The highest BCUT2D eigenvalue weighted by molar-refractivity contribution is 6.18. The van der Waals surface area contributed by atoms with Crippen molar-refractivity contribution in [2.75, 3.05) is 42.7 Å². The van der Waals surface area contributed by atoms with Crippen molar-refractivity contribution in [2.45, 2.75) is 13.0 Å². The summed E-state index contributed by atoms with van der Waals surface area (Å²) in [5, 5.41) is 1.00. The number of carbonyl (C=O) groups is 1. The molecule has 0 saturated carbocycles. The Labute approximate surface area is 247 Å². The molecule has 224 valence electrons. The summed E-state index contributed by atoms with van der Waals surface area (Å²) in [6.07, 6.45) is 0.430. The van der Waals surface area contributed by atoms with Gasteiger partial charge < -0.3 is 43.1 Å². The zero-order chi connectivity index (χ0) is 30.8. The maximum absolute atomic E-state index is 13.7. The SMILES string of the molecule is COc1ccc(CCn2c(C(N)=O)c(-c3ccc(OC)c(OC)c3)c3c4cc(OC)c(OC)cc4oc(=O)c32)cc1OC. The van der Waals surface area contributed by atoms with E-state index in [1.165, 1.54) is 28.4 Å². The molecule has 0 unspecified atom stereocenters. The highest BCUT2D eigenvalue weighted by atomic mass is 16.5. The van der Waals surface area contributed by atoms with E-state index in [2.05, 4.69) is 0 Å². The van der Waals surface area contributed by atoms with E-state index in [0.29, 0.717) is 62.8 Å². The Kier molecular flexibility index (Phi) is 8.07. The lowest BCUT2D eigenvalue weighted by Gasteiger charge is -2.13. The number of carbonyl (C=O) groups excluding carboxylic acids is 1. The summed E-state index contributed by atoms with van der Waals surface area (Å²) in [7, 11) is 9.17. The molecule has 5 aromatic rings. The number of rotatable bonds is 11. The van der Waals surface area contributed by atoms with Gasteiger partial charge in [0.05, 0.1) is 42.7 Å². The van der Waals surface area contributed by atoms with Crippen molar-refractivity contribution in [3.05, 3.63) is 70.2 Å². The lowest BCUT2D eigenvalue weighted by atomic mass is 9.98. The predicted molar refractivity (Wildman–Crippen MR) is 161 cm³/mol. The monoisotopic (exact) mass is 588 g/mol. The molecule has 0 aliphatic carbocycles. The van der Waals surface area contributed by atoms with Crippen LogP contribution < -0.4 is 39.8 Å². The Balaban J connectivity index is 1.85. The van der Waals surface area contributed by atoms with Gasteiger partial charge in [0.2, 0.25) is 0 Å². The summed E-state index contributed by atoms with van der Waals surface area (Å²) < 4.78 is 40.2. The van der Waals surface area contributed by atoms with E-state index >= 15 is 0 Å². The van der Waals surface area contributed by atoms with Crippen molar-refractivity contribution in [2.24, 2.45) is 5.73 Å². The van der Waals surface area contributed by atoms with Gasteiger partial charge in [-0.2, -0.15) is 0 Å². The van der Waals surface area contributed by atoms with Gasteiger partial charge in [-0.3, -0.25) is 4.79 Å². The number of ether oxygens (including phenoxy) is 6. The van der Waals surface area contributed by atoms with E-state index in [-0.39, 0.29) is 23.3 Å². The largest absolute Gasteiger partial charge is 0.493 e. The summed E-state index contributed by atoms with van der Waals surface area (Å²) in [6.45, 7) is 0.223. The summed E-state index contributed by atoms with van der Waals surface area (Å²) in [5.74, 6) is 2.16. The van der Waals surface area contributed by atoms with Crippen molar-refractivity contribution in [3.63, 3.8) is 0 Å². The molecule has 11 heteroatoms. The molecule has 0 aliphatic heterocycles. The van der Waals surface area contributed by atoms with E-state index in [4.69, 9.17) is 38.6 Å². The van der Waals surface area contributed by atoms with Crippen LogP contribution in [0.15, 0.2) is 57.7 Å². The van der Waals surface area contributed by atoms with Gasteiger partial charge in [-0.15, -0.1) is 0 Å². The number of fused-ring (bicyclic) bond motifs is 3. The Morgan fingerprint density at radius 2 is 1.30 bits per heavy atom. The first-order valence-electron chi connectivity index (χ1n) is 13.3. The fraction of sp³-hybridized carbons (Fsp3) is 0.250. The first-order chi connectivity index (χ1) is 20.8. The molecule has 0 atom stereocenters. The fourth-order valence-electron chi connectivity index (χ4n) is 5.41. The van der Waals surface area contributed by atoms with Crippen LogP contribution in [0.2, 0.25) is 0 Å². The van der Waals surface area contributed by atoms with E-state index in [1.54, 1.807) is 55.2 Å². The quantitative estimate of drug-likeness (QED) is 0.216. The molecule has 2 heterocycles. The zero-order valence-electron chi connectivity index (χ0n) is 24.7. The summed E-state index contributed by atoms with van der Waals surface area (Å²) >= 11 is 0. The second kappa shape index (κ2) is 11.9. The van der Waals surface area contributed by atoms with Gasteiger partial charge in [-0.25, -0.2) is 4.79 Å². The van der Waals surface area contributed by atoms with Gasteiger partial charge in [0, 0.05) is 28.9 Å². The molecule has 43 heavy (non-hydrogen) atoms. The van der Waals surface area contributed by atoms with Crippen LogP contribution in [0, 0.1) is 0 Å². The number of hydrogen-bond donors (Lipinski definition) is 1. The second-order valence-corrected chi connectivity index (χ2v) is 9.57. The molecular formula is C32H32N2O9. The third kappa shape index (κ3) is 5.03. The normalized spacial score (nSPS) is 11.0. The summed E-state index contributed by atoms with van der Waals surface area (Å²) in [4.78, 5) is 27.0. The third-order valence-corrected chi connectivity index (χ3v) is 7.39. The minimum absolute atomic E-state index is 0.136. The first-order valence-corrected chi connectivity index (χ1v) is 13.3. The first kappa shape index (κ1) is 29.2. The number of hydrogen-bond acceptors (Lipinski definition) is 9. The van der Waals surface area contributed by atoms with Crippen molar-refractivity contribution in [3.8, 4) is 45.6 Å². The van der Waals surface area contributed by atoms with Crippen LogP contribution in [0.5, 0.6) is 34.5 Å². The van der Waals surface area contributed by atoms with Crippen LogP contribution in [0.3, 0.4) is 0 Å². The smallest absolute Gasteiger partial charge is 0.361 e. The molecule has 1 amide bonds. The van der Waals surface area contributed by atoms with Crippen molar-refractivity contribution in [1.29, 1.82) is 0 Å². The number of primary amides is 1. The molecule has 5 rings (SSSR count). The van der Waals surface area contributed by atoms with E-state index in [0.717, 1.165) is 5.56 Å². The number of methoxy groups -OCH3 is 6. The van der Waals surface area contributed by atoms with Crippen LogP contribution in [0.25, 0.3) is 33.0 Å². The Hall–Kier alpha value is -5.32. The number of aryl methyl sites for hydroxylation is 2. The van der Waals surface area contributed by atoms with Crippen LogP contribution in [-0.2, 0) is 13.0 Å². The van der Waals surface area contributed by atoms with Crippen LogP contribution in [0.4, 0.5) is 0 Å². The van der Waals surface area contributed by atoms with E-state index < -0.39 is 11.5 Å². The van der Waals surface area contributed by atoms with E-state index in [9.17, 15) is 9.59 Å². The molecule has 2 aromatic heterocycles. The molecule has 0 aliphatic rings. The van der Waals surface area contributed by atoms with Crippen molar-refractivity contribution >= 4 is 27.8 Å². The highest BCUT2D eigenvalue weighted by Gasteiger charge is 2.28. The Bertz CT molecular complexity index is 1910. The van der Waals surface area contributed by atoms with Crippen LogP contribution in [-0.4, -0.2) is 53.1 Å². The highest BCUT2D eigenvalue weighted by Crippen LogP contribution is 2.43. The van der Waals surface area contributed by atoms with Crippen molar-refractivity contribution in [1.82, 2.24) is 4.57 Å². The van der Waals surface area contributed by atoms with Gasteiger partial charge in [0.15, 0.2) is 34.5 Å². The summed E-state index contributed by atoms with van der Waals surface area (Å²) in [5.41, 5.74) is 7.91. The average Bonchev–Trinajstić information content (AvgIpc) is 3.38. The maximum Gasteiger partial charge on any atom is 0.361 e. The molecule has 11 nitrogen and oxygen atoms in total. The van der Waals surface area contributed by atoms with Crippen molar-refractivity contribution < 1.29 is 37.6 Å². The van der Waals surface area contributed by atoms with Gasteiger partial charge in [-0.05, 0) is 47.9 Å². The molecule has 0 spiro atoms. The second-order valence-electron chi connectivity index (χ2n) is 9.57. The number of nitrogens with zero attached hydrogens (tertiary/aromatic N) is 1. The van der Waals surface area contributed by atoms with Gasteiger partial charge in [0.1, 0.15) is 16.8 Å². The number of amides is 1. The minimum atomic E-state index is -0.721. The van der Waals surface area contributed by atoms with Gasteiger partial charge in [0.25, 0.3) is 5.91 Å². The molecule has 0 bridgehead atoms. The van der Waals surface area contributed by atoms with Gasteiger partial charge in [-0.1, -0.05) is 12.1 Å². The van der Waals surface area contributed by atoms with Gasteiger partial charge >= 0.3 is 5.63 Å². The zero-order valence-corrected chi connectivity index (χ0v) is 24.7. The lowest BCUT2D eigenvalue weighted by Crippen LogP contribution is -2.20. The molecule has 0 fully saturated rings. The van der Waals surface area contributed by atoms with E-state index in [1.807, 2.05) is 12.1 Å². The number of benzene rings is 3. The Morgan fingerprint density at radius 1 is 0.744 bits per heavy atom. The average molecular weight is 589 g/mol. The number of nitrogens with two attached hydrogens (primary N) is 1. The molecule has 0 radical (unpaired) electrons. The predicted octanol–water partition coefficient (Wildman–Crippen LogP) is 4.81. The number of aromatic nitrogens is 1. The maximum atomic E-state index is 13.7. The molecular weight excluding hydrogens is 556 g/mol. The molecule has 0 saturated heterocycles. The van der Waals surface area contributed by atoms with Crippen LogP contribution >= 0.6 is 0 Å². The third-order valence-electron chi connectivity index (χ3n) is 7.39. The Morgan fingerprint density at radius 3 is 1.91 bits per heavy atom. The fourth-order valence-corrected chi connectivity index (χ4v) is 5.41. The van der Waals surface area contributed by atoms with Crippen LogP contribution in [0.1, 0.15) is 16.1 Å².